The Kier molecular flexibility index (Phi) is 3.17. The Morgan fingerprint density at radius 2 is 2.17 bits per heavy atom. The lowest BCUT2D eigenvalue weighted by Gasteiger charge is -2.17. The third kappa shape index (κ3) is 2.47. The summed E-state index contributed by atoms with van der Waals surface area (Å²) < 4.78 is 1.79. The summed E-state index contributed by atoms with van der Waals surface area (Å²) in [7, 11) is 0. The van der Waals surface area contributed by atoms with Gasteiger partial charge in [-0.15, -0.1) is 0 Å². The fourth-order valence-corrected chi connectivity index (χ4v) is 2.73. The molecule has 2 aromatic rings. The fourth-order valence-electron chi connectivity index (χ4n) is 2.73. The zero-order chi connectivity index (χ0) is 12.4. The molecule has 1 saturated carbocycles. The highest BCUT2D eigenvalue weighted by Crippen LogP contribution is 2.24. The van der Waals surface area contributed by atoms with Gasteiger partial charge in [0.2, 0.25) is 0 Å². The highest BCUT2D eigenvalue weighted by molar-refractivity contribution is 5.45. The normalized spacial score (nSPS) is 24.9. The van der Waals surface area contributed by atoms with E-state index < -0.39 is 0 Å². The Hall–Kier alpha value is -1.58. The number of hydrogen-bond donors (Lipinski definition) is 1. The Morgan fingerprint density at radius 1 is 1.22 bits per heavy atom. The highest BCUT2D eigenvalue weighted by atomic mass is 15.2. The molecule has 1 aliphatic carbocycles. The van der Waals surface area contributed by atoms with Crippen LogP contribution in [0.15, 0.2) is 24.5 Å². The molecular weight excluding hydrogens is 224 g/mol. The molecule has 0 radical (unpaired) electrons. The largest absolute Gasteiger partial charge is 0.367 e. The van der Waals surface area contributed by atoms with Gasteiger partial charge < -0.3 is 5.32 Å². The molecule has 0 aromatic carbocycles. The zero-order valence-electron chi connectivity index (χ0n) is 10.8. The predicted molar refractivity (Wildman–Crippen MR) is 72.6 cm³/mol. The Bertz CT molecular complexity index is 519. The van der Waals surface area contributed by atoms with Crippen LogP contribution in [-0.2, 0) is 0 Å². The van der Waals surface area contributed by atoms with Crippen LogP contribution >= 0.6 is 0 Å². The second-order valence-corrected chi connectivity index (χ2v) is 5.40. The quantitative estimate of drug-likeness (QED) is 0.825. The first-order chi connectivity index (χ1) is 8.81. The van der Waals surface area contributed by atoms with E-state index in [1.165, 1.54) is 32.1 Å². The van der Waals surface area contributed by atoms with Crippen molar-refractivity contribution in [3.63, 3.8) is 0 Å². The van der Waals surface area contributed by atoms with Crippen molar-refractivity contribution in [3.8, 4) is 0 Å². The van der Waals surface area contributed by atoms with Gasteiger partial charge >= 0.3 is 0 Å². The first-order valence-electron chi connectivity index (χ1n) is 6.88. The van der Waals surface area contributed by atoms with E-state index >= 15 is 0 Å². The predicted octanol–water partition coefficient (Wildman–Crippen LogP) is 3.11. The van der Waals surface area contributed by atoms with Crippen molar-refractivity contribution in [2.24, 2.45) is 5.92 Å². The molecule has 2 heterocycles. The van der Waals surface area contributed by atoms with Crippen LogP contribution < -0.4 is 5.32 Å². The van der Waals surface area contributed by atoms with Crippen LogP contribution in [0, 0.1) is 5.92 Å². The third-order valence-electron chi connectivity index (χ3n) is 3.87. The van der Waals surface area contributed by atoms with Gasteiger partial charge in [0.1, 0.15) is 5.82 Å². The monoisotopic (exact) mass is 244 g/mol. The molecule has 2 unspecified atom stereocenters. The number of anilines is 1. The van der Waals surface area contributed by atoms with Crippen LogP contribution in [0.5, 0.6) is 0 Å². The molecule has 0 amide bonds. The van der Waals surface area contributed by atoms with Gasteiger partial charge in [-0.2, -0.15) is 5.10 Å². The molecule has 3 rings (SSSR count). The lowest BCUT2D eigenvalue weighted by Crippen LogP contribution is -2.19. The van der Waals surface area contributed by atoms with Crippen LogP contribution in [0.1, 0.15) is 39.0 Å². The second kappa shape index (κ2) is 4.96. The maximum Gasteiger partial charge on any atom is 0.157 e. The summed E-state index contributed by atoms with van der Waals surface area (Å²) in [6, 6.07) is 4.52. The van der Waals surface area contributed by atoms with Gasteiger partial charge in [0, 0.05) is 18.3 Å². The summed E-state index contributed by atoms with van der Waals surface area (Å²) in [6.07, 6.45) is 10.3. The summed E-state index contributed by atoms with van der Waals surface area (Å²) in [5.74, 6) is 1.85. The number of nitrogens with zero attached hydrogens (tertiary/aromatic N) is 3. The molecule has 1 N–H and O–H groups in total. The average Bonchev–Trinajstić information content (AvgIpc) is 2.74. The van der Waals surface area contributed by atoms with Gasteiger partial charge in [-0.3, -0.25) is 0 Å². The summed E-state index contributed by atoms with van der Waals surface area (Å²) >= 11 is 0. The summed E-state index contributed by atoms with van der Waals surface area (Å²) in [4.78, 5) is 4.57. The van der Waals surface area contributed by atoms with Crippen LogP contribution in [-0.4, -0.2) is 20.6 Å². The van der Waals surface area contributed by atoms with Crippen LogP contribution in [0.25, 0.3) is 5.65 Å². The number of aromatic nitrogens is 3. The average molecular weight is 244 g/mol. The van der Waals surface area contributed by atoms with Gasteiger partial charge in [0.15, 0.2) is 5.65 Å². The van der Waals surface area contributed by atoms with Gasteiger partial charge in [-0.1, -0.05) is 19.8 Å². The zero-order valence-corrected chi connectivity index (χ0v) is 10.8. The van der Waals surface area contributed by atoms with Crippen molar-refractivity contribution < 1.29 is 0 Å². The molecule has 2 atom stereocenters. The van der Waals surface area contributed by atoms with Gasteiger partial charge in [0.25, 0.3) is 0 Å². The van der Waals surface area contributed by atoms with E-state index in [1.807, 2.05) is 18.3 Å². The minimum Gasteiger partial charge on any atom is -0.367 e. The summed E-state index contributed by atoms with van der Waals surface area (Å²) in [5.41, 5.74) is 0.905. The minimum absolute atomic E-state index is 0.577. The van der Waals surface area contributed by atoms with Crippen molar-refractivity contribution in [3.05, 3.63) is 24.5 Å². The van der Waals surface area contributed by atoms with Crippen molar-refractivity contribution in [2.75, 3.05) is 5.32 Å². The van der Waals surface area contributed by atoms with E-state index in [2.05, 4.69) is 22.3 Å². The molecule has 0 spiro atoms. The molecule has 0 aliphatic heterocycles. The standard InChI is InChI=1S/C14H20N4/c1-11-3-2-4-12(6-5-11)16-13-8-10-18-14(17-13)7-9-15-18/h7-12H,2-6H2,1H3,(H,16,17). The third-order valence-corrected chi connectivity index (χ3v) is 3.87. The molecule has 4 heteroatoms. The maximum atomic E-state index is 4.57. The van der Waals surface area contributed by atoms with E-state index in [9.17, 15) is 0 Å². The lowest BCUT2D eigenvalue weighted by molar-refractivity contribution is 0.502. The van der Waals surface area contributed by atoms with E-state index in [4.69, 9.17) is 0 Å². The van der Waals surface area contributed by atoms with E-state index in [-0.39, 0.29) is 0 Å². The molecule has 0 saturated heterocycles. The van der Waals surface area contributed by atoms with E-state index in [0.717, 1.165) is 17.4 Å². The fraction of sp³-hybridized carbons (Fsp3) is 0.571. The number of rotatable bonds is 2. The summed E-state index contributed by atoms with van der Waals surface area (Å²) in [6.45, 7) is 2.36. The van der Waals surface area contributed by atoms with Gasteiger partial charge in [-0.25, -0.2) is 9.50 Å². The molecule has 96 valence electrons. The van der Waals surface area contributed by atoms with Gasteiger partial charge in [-0.05, 0) is 31.2 Å². The SMILES string of the molecule is CC1CCCC(Nc2ccn3nccc3n2)CC1. The van der Waals surface area contributed by atoms with Crippen molar-refractivity contribution in [1.82, 2.24) is 14.6 Å². The molecule has 2 aromatic heterocycles. The van der Waals surface area contributed by atoms with Crippen LogP contribution in [0.4, 0.5) is 5.82 Å². The van der Waals surface area contributed by atoms with Crippen molar-refractivity contribution in [2.45, 2.75) is 45.1 Å². The Labute approximate surface area is 107 Å². The van der Waals surface area contributed by atoms with E-state index in [0.29, 0.717) is 6.04 Å². The first-order valence-corrected chi connectivity index (χ1v) is 6.88. The topological polar surface area (TPSA) is 42.2 Å². The minimum atomic E-state index is 0.577. The number of fused-ring (bicyclic) bond motifs is 1. The molecular formula is C14H20N4. The molecule has 1 fully saturated rings. The van der Waals surface area contributed by atoms with Crippen molar-refractivity contribution >= 4 is 11.5 Å². The van der Waals surface area contributed by atoms with Crippen molar-refractivity contribution in [1.29, 1.82) is 0 Å². The smallest absolute Gasteiger partial charge is 0.157 e. The second-order valence-electron chi connectivity index (χ2n) is 5.40. The molecule has 4 nitrogen and oxygen atoms in total. The molecule has 1 aliphatic rings. The molecule has 18 heavy (non-hydrogen) atoms. The van der Waals surface area contributed by atoms with E-state index in [1.54, 1.807) is 10.7 Å². The highest BCUT2D eigenvalue weighted by Gasteiger charge is 2.16. The Balaban J connectivity index is 1.71. The van der Waals surface area contributed by atoms with Crippen LogP contribution in [0.2, 0.25) is 0 Å². The van der Waals surface area contributed by atoms with Crippen LogP contribution in [0.3, 0.4) is 0 Å². The van der Waals surface area contributed by atoms with Gasteiger partial charge in [0.05, 0.1) is 6.20 Å². The number of hydrogen-bond acceptors (Lipinski definition) is 3. The maximum absolute atomic E-state index is 4.57. The molecule has 0 bridgehead atoms. The Morgan fingerprint density at radius 3 is 3.11 bits per heavy atom. The summed E-state index contributed by atoms with van der Waals surface area (Å²) in [5, 5.41) is 7.73. The first kappa shape index (κ1) is 11.5. The lowest BCUT2D eigenvalue weighted by atomic mass is 10.0. The number of nitrogens with one attached hydrogen (secondary N) is 1.